The lowest BCUT2D eigenvalue weighted by Crippen LogP contribution is -2.65. The van der Waals surface area contributed by atoms with Gasteiger partial charge in [0.15, 0.2) is 25.2 Å². The third-order valence-electron chi connectivity index (χ3n) is 21.6. The number of amides is 11. The molecule has 23 atom stereocenters. The van der Waals surface area contributed by atoms with Crippen molar-refractivity contribution in [2.45, 2.75) is 322 Å². The van der Waals surface area contributed by atoms with Crippen molar-refractivity contribution in [3.8, 4) is 0 Å². The Morgan fingerprint density at radius 3 is 1.06 bits per heavy atom. The Kier molecular flexibility index (Phi) is 54.7. The number of β-amino-alcohol motifs (C(OH)–C–C–N with tert-alkyl or cyclic N) is 1. The Morgan fingerprint density at radius 1 is 0.354 bits per heavy atom. The normalized spacial score (nSPS) is 27.8. The summed E-state index contributed by atoms with van der Waals surface area (Å²) in [5, 5.41) is 140. The summed E-state index contributed by atoms with van der Waals surface area (Å²) in [7, 11) is -2.85. The maximum atomic E-state index is 13.9. The summed E-state index contributed by atoms with van der Waals surface area (Å²) in [5.41, 5.74) is 0. The van der Waals surface area contributed by atoms with E-state index in [1.165, 1.54) is 25.7 Å². The molecule has 0 saturated carbocycles. The number of nitrogens with zero attached hydrogens (tertiary/aromatic N) is 1. The lowest BCUT2D eigenvalue weighted by molar-refractivity contribution is -0.273. The number of likely N-dealkylation sites (tertiary alicyclic amines) is 1. The average molecular weight is 1850 g/mol. The van der Waals surface area contributed by atoms with Gasteiger partial charge in [0.05, 0.1) is 58.4 Å². The average Bonchev–Trinajstić information content (AvgIpc) is 1.75. The topological polar surface area (TPSA) is 673 Å². The smallest absolute Gasteiger partial charge is 0.394 e. The number of rotatable bonds is 64. The maximum Gasteiger partial charge on any atom is 0.694 e. The van der Waals surface area contributed by atoms with Crippen LogP contribution < -0.4 is 53.2 Å². The van der Waals surface area contributed by atoms with Gasteiger partial charge in [-0.3, -0.25) is 52.7 Å². The summed E-state index contributed by atoms with van der Waals surface area (Å²) in [6.07, 6.45) is -12.9. The van der Waals surface area contributed by atoms with Gasteiger partial charge in [0, 0.05) is 142 Å². The number of ether oxygens (including phenoxy) is 10. The first-order valence-corrected chi connectivity index (χ1v) is 45.3. The second kappa shape index (κ2) is 62.6. The van der Waals surface area contributed by atoms with Crippen molar-refractivity contribution in [2.24, 2.45) is 0 Å². The maximum absolute atomic E-state index is 13.9. The molecule has 47 heteroatoms. The molecule has 22 N–H and O–H groups in total. The van der Waals surface area contributed by atoms with E-state index in [1.807, 2.05) is 0 Å². The number of aliphatic hydroxyl groups excluding tert-OH is 11. The van der Waals surface area contributed by atoms with Crippen LogP contribution >= 0.6 is 8.25 Å². The van der Waals surface area contributed by atoms with Crippen LogP contribution in [0.5, 0.6) is 0 Å². The minimum absolute atomic E-state index is 0.0181. The highest BCUT2D eigenvalue weighted by atomic mass is 31.1. The van der Waals surface area contributed by atoms with Crippen LogP contribution in [-0.4, -0.2) is 384 Å². The monoisotopic (exact) mass is 1850 g/mol. The van der Waals surface area contributed by atoms with Crippen molar-refractivity contribution in [1.82, 2.24) is 58.1 Å². The van der Waals surface area contributed by atoms with Crippen LogP contribution in [0.25, 0.3) is 0 Å². The van der Waals surface area contributed by atoms with Crippen molar-refractivity contribution >= 4 is 73.2 Å². The number of nitrogens with one attached hydrogen (secondary N) is 10. The summed E-state index contributed by atoms with van der Waals surface area (Å²) in [6, 6.07) is -5.18. The van der Waals surface area contributed by atoms with Gasteiger partial charge in [-0.25, -0.2) is 0 Å². The molecule has 5 rings (SSSR count). The molecule has 0 radical (unpaired) electrons. The number of hydrogen-bond donors (Lipinski definition) is 22. The molecular formula is C80H141N11O35P+. The molecule has 5 aliphatic rings. The van der Waals surface area contributed by atoms with E-state index in [1.54, 1.807) is 0 Å². The number of aliphatic hydroxyl groups is 11. The van der Waals surface area contributed by atoms with Crippen LogP contribution in [0.1, 0.15) is 188 Å². The number of hydrogen-bond acceptors (Lipinski definition) is 34. The van der Waals surface area contributed by atoms with Crippen LogP contribution in [-0.2, 0) is 109 Å². The number of carbonyl (C=O) groups excluding carboxylic acids is 11. The largest absolute Gasteiger partial charge is 0.694 e. The van der Waals surface area contributed by atoms with Gasteiger partial charge in [-0.2, -0.15) is 0 Å². The van der Waals surface area contributed by atoms with E-state index in [4.69, 9.17) is 56.8 Å². The molecule has 11 amide bonds. The molecule has 0 aromatic rings. The molecule has 5 aliphatic heterocycles. The van der Waals surface area contributed by atoms with Gasteiger partial charge in [0.25, 0.3) is 0 Å². The third kappa shape index (κ3) is 42.6. The highest BCUT2D eigenvalue weighted by Gasteiger charge is 2.51. The lowest BCUT2D eigenvalue weighted by atomic mass is 9.95. The predicted octanol–water partition coefficient (Wildman–Crippen LogP) is -6.07. The van der Waals surface area contributed by atoms with Gasteiger partial charge >= 0.3 is 8.25 Å². The molecule has 5 saturated heterocycles. The lowest BCUT2D eigenvalue weighted by Gasteiger charge is -2.45. The predicted molar refractivity (Wildman–Crippen MR) is 442 cm³/mol. The first kappa shape index (κ1) is 111. The van der Waals surface area contributed by atoms with Crippen LogP contribution in [0.4, 0.5) is 0 Å². The van der Waals surface area contributed by atoms with E-state index in [9.17, 15) is 113 Å². The van der Waals surface area contributed by atoms with Crippen molar-refractivity contribution in [1.29, 1.82) is 0 Å². The van der Waals surface area contributed by atoms with Crippen LogP contribution in [0.3, 0.4) is 0 Å². The van der Waals surface area contributed by atoms with E-state index < -0.39 is 204 Å². The van der Waals surface area contributed by atoms with E-state index in [2.05, 4.69) is 53.2 Å². The molecule has 0 aromatic heterocycles. The van der Waals surface area contributed by atoms with E-state index in [0.29, 0.717) is 77.0 Å². The summed E-state index contributed by atoms with van der Waals surface area (Å²) in [5.74, 6) is -4.37. The molecule has 0 aromatic carbocycles. The highest BCUT2D eigenvalue weighted by Crippen LogP contribution is 2.30. The zero-order chi connectivity index (χ0) is 93.2. The first-order chi connectivity index (χ1) is 60.8. The summed E-state index contributed by atoms with van der Waals surface area (Å²) < 4.78 is 74.7. The molecule has 0 spiro atoms. The van der Waals surface area contributed by atoms with E-state index in [-0.39, 0.29) is 180 Å². The molecule has 127 heavy (non-hydrogen) atoms. The van der Waals surface area contributed by atoms with E-state index in [0.717, 1.165) is 32.1 Å². The molecule has 46 nitrogen and oxygen atoms in total. The number of carbonyl (C=O) groups is 11. The molecule has 5 fully saturated rings. The fourth-order valence-corrected chi connectivity index (χ4v) is 15.1. The highest BCUT2D eigenvalue weighted by molar-refractivity contribution is 7.32. The molecule has 730 valence electrons. The SMILES string of the molecule is CC(=O)N[C@H]1[C@H](OCCCCC(=O)NCCCNC(=O)CCOC[C@H]2O[C@@H](O)C(NC(=O)CCCCCCCCCCC(=O)N3C[C@H](O)C[C@H]3CO[P+](=O)O)[C@@H](OCCC(=O)NCCCNC(=O)CCCCO[C@@H]3O[C@H](CO)[C@H](O)[C@H](O)[C@H]3NC(C)=O)[C@@H]2OCCC(=O)NCCCNC(=O)CCCCO[C@@H]2O[C@H](CO)[C@H](O)[C@H](O)[C@H]2NC(C)=O)O[C@H](CO)[C@H](O)[C@@H]1O. The molecule has 0 aliphatic carbocycles. The molecule has 2 unspecified atom stereocenters. The second-order valence-corrected chi connectivity index (χ2v) is 32.8. The fraction of sp³-hybridized carbons (Fsp3) is 0.863. The summed E-state index contributed by atoms with van der Waals surface area (Å²) in [4.78, 5) is 151. The Labute approximate surface area is 739 Å². The molecular weight excluding hydrogens is 1710 g/mol. The third-order valence-corrected chi connectivity index (χ3v) is 22.0. The van der Waals surface area contributed by atoms with Crippen molar-refractivity contribution in [2.75, 3.05) is 118 Å². The van der Waals surface area contributed by atoms with Crippen LogP contribution in [0, 0.1) is 0 Å². The fourth-order valence-electron chi connectivity index (χ4n) is 14.8. The first-order valence-electron chi connectivity index (χ1n) is 44.2. The van der Waals surface area contributed by atoms with E-state index >= 15 is 0 Å². The van der Waals surface area contributed by atoms with Gasteiger partial charge in [-0.05, 0) is 77.0 Å². The summed E-state index contributed by atoms with van der Waals surface area (Å²) >= 11 is 0. The Bertz CT molecular complexity index is 3280. The second-order valence-electron chi connectivity index (χ2n) is 32.0. The quantitative estimate of drug-likeness (QED) is 0.0199. The number of unbranched alkanes of at least 4 members (excludes halogenated alkanes) is 10. The molecule has 0 bridgehead atoms. The Balaban J connectivity index is 1.15. The van der Waals surface area contributed by atoms with Crippen LogP contribution in [0.2, 0.25) is 0 Å². The Hall–Kier alpha value is -6.65. The van der Waals surface area contributed by atoms with Gasteiger partial charge in [0.2, 0.25) is 65.0 Å². The van der Waals surface area contributed by atoms with Gasteiger partial charge < -0.3 is 162 Å². The zero-order valence-corrected chi connectivity index (χ0v) is 73.9. The van der Waals surface area contributed by atoms with Gasteiger partial charge in [-0.15, -0.1) is 9.42 Å². The van der Waals surface area contributed by atoms with Crippen molar-refractivity contribution in [3.63, 3.8) is 0 Å². The van der Waals surface area contributed by atoms with Crippen molar-refractivity contribution in [3.05, 3.63) is 0 Å². The zero-order valence-electron chi connectivity index (χ0n) is 73.0. The van der Waals surface area contributed by atoms with Gasteiger partial charge in [0.1, 0.15) is 104 Å². The summed E-state index contributed by atoms with van der Waals surface area (Å²) in [6.45, 7) is 1.89. The van der Waals surface area contributed by atoms with Crippen molar-refractivity contribution < 1.29 is 170 Å². The standard InChI is InChI=1S/C80H140N11O35P/c1-48(95)87-65-72(110)69(107)53(43-92)124-78(65)119-35-15-12-21-57(99)81-29-18-32-84-60(102)26-38-116-47-56-75(117-39-27-61(103)85-33-19-30-82-58(100)22-13-16-36-120-79-66(88-49(2)96)73(111)70(108)54(44-93)125-79)76(68(77(113)123-56)90-63(105)24-10-8-6-4-5-7-9-11-25-64(106)91-42-52(98)41-51(91)46-122-127(114)115)118-40-28-62(104)86-34-20-31-83-59(101)23-14-17-37-121-80-67(89-50(3)97)74(112)71(109)55(45-94)126-80/h51-56,65-80,92-94,98,107-113H,4-47H2,1-3H3,(H10-,81,82,83,84,85,86,87,88,89,90,95,96,97,99,100,101,102,103,104,105,114,115)/p+1/t51-,52+,53+,54+,55+,56+,65+,66+,67+,68?,69-,70-,71-,72+,73+,74+,75+,76+,77+,78+,79+,80+/m0/s1. The molecule has 5 heterocycles. The minimum atomic E-state index is -2.85. The van der Waals surface area contributed by atoms with Gasteiger partial charge in [-0.1, -0.05) is 38.5 Å². The van der Waals surface area contributed by atoms with Crippen LogP contribution in [0.15, 0.2) is 0 Å². The minimum Gasteiger partial charge on any atom is -0.394 e. The Morgan fingerprint density at radius 2 is 0.693 bits per heavy atom.